The Morgan fingerprint density at radius 2 is 2.23 bits per heavy atom. The number of nitrogens with zero attached hydrogens (tertiary/aromatic N) is 2. The van der Waals surface area contributed by atoms with Gasteiger partial charge >= 0.3 is 0 Å². The molecule has 5 heteroatoms. The molecule has 0 aromatic heterocycles. The molecule has 0 aromatic carbocycles. The fourth-order valence-electron chi connectivity index (χ4n) is 1.63. The van der Waals surface area contributed by atoms with Crippen molar-refractivity contribution in [3.63, 3.8) is 0 Å². The summed E-state index contributed by atoms with van der Waals surface area (Å²) in [5.41, 5.74) is 5.46. The lowest BCUT2D eigenvalue weighted by Gasteiger charge is -2.31. The van der Waals surface area contributed by atoms with Gasteiger partial charge in [0.2, 0.25) is 5.96 Å². The highest BCUT2D eigenvalue weighted by molar-refractivity contribution is 5.77. The van der Waals surface area contributed by atoms with Gasteiger partial charge in [0.15, 0.2) is 0 Å². The summed E-state index contributed by atoms with van der Waals surface area (Å²) in [6, 6.07) is 0. The number of hydrogen-bond acceptors (Lipinski definition) is 3. The van der Waals surface area contributed by atoms with Crippen LogP contribution in [0.1, 0.15) is 12.8 Å². The lowest BCUT2D eigenvalue weighted by Crippen LogP contribution is -2.43. The average Bonchev–Trinajstić information content (AvgIpc) is 2.18. The molecule has 76 valence electrons. The van der Waals surface area contributed by atoms with Crippen molar-refractivity contribution in [3.05, 3.63) is 0 Å². The van der Waals surface area contributed by atoms with Crippen LogP contribution in [0, 0.1) is 5.92 Å². The maximum absolute atomic E-state index is 8.45. The van der Waals surface area contributed by atoms with E-state index in [1.165, 1.54) is 0 Å². The van der Waals surface area contributed by atoms with Crippen molar-refractivity contribution in [1.82, 2.24) is 4.90 Å². The normalized spacial score (nSPS) is 20.7. The van der Waals surface area contributed by atoms with E-state index in [4.69, 9.17) is 15.7 Å². The van der Waals surface area contributed by atoms with Crippen LogP contribution in [0.25, 0.3) is 0 Å². The molecule has 0 bridgehead atoms. The van der Waals surface area contributed by atoms with Gasteiger partial charge in [-0.1, -0.05) is 5.16 Å². The van der Waals surface area contributed by atoms with E-state index in [0.717, 1.165) is 32.5 Å². The summed E-state index contributed by atoms with van der Waals surface area (Å²) < 4.78 is 5.07. The van der Waals surface area contributed by atoms with E-state index in [1.807, 2.05) is 4.90 Å². The standard InChI is InChI=1S/C8H17N3O2/c1-13-6-7-2-4-11(5-3-7)8(9)10-12/h7,12H,2-6H2,1H3,(H2,9,10). The van der Waals surface area contributed by atoms with Crippen molar-refractivity contribution in [2.24, 2.45) is 16.8 Å². The third-order valence-electron chi connectivity index (χ3n) is 2.44. The Bertz CT molecular complexity index is 176. The van der Waals surface area contributed by atoms with Crippen molar-refractivity contribution < 1.29 is 9.94 Å². The van der Waals surface area contributed by atoms with Crippen LogP contribution in [0.2, 0.25) is 0 Å². The summed E-state index contributed by atoms with van der Waals surface area (Å²) in [7, 11) is 1.72. The van der Waals surface area contributed by atoms with Crippen LogP contribution in [0.15, 0.2) is 5.16 Å². The first kappa shape index (κ1) is 10.1. The molecule has 0 unspecified atom stereocenters. The zero-order chi connectivity index (χ0) is 9.68. The van der Waals surface area contributed by atoms with Gasteiger partial charge in [0.1, 0.15) is 0 Å². The molecule has 1 aliphatic rings. The minimum absolute atomic E-state index is 0.218. The molecule has 0 aliphatic carbocycles. The van der Waals surface area contributed by atoms with E-state index < -0.39 is 0 Å². The molecular weight excluding hydrogens is 170 g/mol. The van der Waals surface area contributed by atoms with Crippen molar-refractivity contribution >= 4 is 5.96 Å². The first-order chi connectivity index (χ1) is 6.27. The number of ether oxygens (including phenoxy) is 1. The molecule has 1 heterocycles. The molecule has 1 fully saturated rings. The molecule has 0 amide bonds. The molecule has 3 N–H and O–H groups in total. The number of oxime groups is 1. The Hall–Kier alpha value is -0.970. The van der Waals surface area contributed by atoms with Crippen molar-refractivity contribution in [3.8, 4) is 0 Å². The number of methoxy groups -OCH3 is 1. The molecule has 0 spiro atoms. The Balaban J connectivity index is 2.30. The van der Waals surface area contributed by atoms with Gasteiger partial charge in [-0.05, 0) is 18.8 Å². The van der Waals surface area contributed by atoms with Gasteiger partial charge < -0.3 is 20.6 Å². The third kappa shape index (κ3) is 2.77. The van der Waals surface area contributed by atoms with E-state index >= 15 is 0 Å². The van der Waals surface area contributed by atoms with Gasteiger partial charge in [0, 0.05) is 26.8 Å². The van der Waals surface area contributed by atoms with E-state index in [1.54, 1.807) is 7.11 Å². The number of nitrogens with two attached hydrogens (primary N) is 1. The molecule has 0 saturated carbocycles. The highest BCUT2D eigenvalue weighted by Crippen LogP contribution is 2.16. The number of hydrogen-bond donors (Lipinski definition) is 2. The molecule has 1 rings (SSSR count). The maximum atomic E-state index is 8.45. The molecule has 0 aromatic rings. The number of rotatable bonds is 2. The van der Waals surface area contributed by atoms with Gasteiger partial charge in [-0.15, -0.1) is 0 Å². The van der Waals surface area contributed by atoms with Gasteiger partial charge in [0.05, 0.1) is 0 Å². The molecule has 5 nitrogen and oxygen atoms in total. The predicted octanol–water partition coefficient (Wildman–Crippen LogP) is 0.0487. The molecule has 1 aliphatic heterocycles. The van der Waals surface area contributed by atoms with E-state index in [9.17, 15) is 0 Å². The zero-order valence-corrected chi connectivity index (χ0v) is 7.94. The second-order valence-corrected chi connectivity index (χ2v) is 3.34. The summed E-state index contributed by atoms with van der Waals surface area (Å²) >= 11 is 0. The Morgan fingerprint density at radius 1 is 1.62 bits per heavy atom. The Kier molecular flexibility index (Phi) is 3.82. The summed E-state index contributed by atoms with van der Waals surface area (Å²) in [4.78, 5) is 1.88. The van der Waals surface area contributed by atoms with Crippen molar-refractivity contribution in [2.75, 3.05) is 26.8 Å². The predicted molar refractivity (Wildman–Crippen MR) is 49.6 cm³/mol. The monoisotopic (exact) mass is 187 g/mol. The van der Waals surface area contributed by atoms with Crippen LogP contribution in [-0.2, 0) is 4.74 Å². The van der Waals surface area contributed by atoms with Gasteiger partial charge in [0.25, 0.3) is 0 Å². The van der Waals surface area contributed by atoms with Gasteiger partial charge in [-0.3, -0.25) is 0 Å². The summed E-state index contributed by atoms with van der Waals surface area (Å²) in [5.74, 6) is 0.837. The van der Waals surface area contributed by atoms with Crippen LogP contribution in [0.4, 0.5) is 0 Å². The lowest BCUT2D eigenvalue weighted by atomic mass is 9.98. The van der Waals surface area contributed by atoms with Crippen LogP contribution in [-0.4, -0.2) is 42.9 Å². The average molecular weight is 187 g/mol. The highest BCUT2D eigenvalue weighted by atomic mass is 16.5. The van der Waals surface area contributed by atoms with Crippen molar-refractivity contribution in [1.29, 1.82) is 0 Å². The van der Waals surface area contributed by atoms with Crippen LogP contribution >= 0.6 is 0 Å². The van der Waals surface area contributed by atoms with E-state index in [2.05, 4.69) is 5.16 Å². The largest absolute Gasteiger partial charge is 0.408 e. The minimum atomic E-state index is 0.218. The molecule has 13 heavy (non-hydrogen) atoms. The summed E-state index contributed by atoms with van der Waals surface area (Å²) in [6.45, 7) is 2.51. The van der Waals surface area contributed by atoms with Crippen molar-refractivity contribution in [2.45, 2.75) is 12.8 Å². The molecular formula is C8H17N3O2. The topological polar surface area (TPSA) is 71.1 Å². The van der Waals surface area contributed by atoms with Gasteiger partial charge in [-0.2, -0.15) is 0 Å². The SMILES string of the molecule is COCC1CCN(/C(N)=N/O)CC1. The Labute approximate surface area is 78.1 Å². The first-order valence-corrected chi connectivity index (χ1v) is 4.49. The van der Waals surface area contributed by atoms with Gasteiger partial charge in [-0.25, -0.2) is 0 Å². The smallest absolute Gasteiger partial charge is 0.233 e. The van der Waals surface area contributed by atoms with Crippen LogP contribution in [0.5, 0.6) is 0 Å². The third-order valence-corrected chi connectivity index (χ3v) is 2.44. The van der Waals surface area contributed by atoms with Crippen LogP contribution < -0.4 is 5.73 Å². The zero-order valence-electron chi connectivity index (χ0n) is 7.94. The fourth-order valence-corrected chi connectivity index (χ4v) is 1.63. The Morgan fingerprint density at radius 3 is 2.69 bits per heavy atom. The van der Waals surface area contributed by atoms with Crippen LogP contribution in [0.3, 0.4) is 0 Å². The lowest BCUT2D eigenvalue weighted by molar-refractivity contribution is 0.117. The second-order valence-electron chi connectivity index (χ2n) is 3.34. The number of likely N-dealkylation sites (tertiary alicyclic amines) is 1. The summed E-state index contributed by atoms with van der Waals surface area (Å²) in [5, 5.41) is 11.4. The highest BCUT2D eigenvalue weighted by Gasteiger charge is 2.20. The molecule has 0 atom stereocenters. The maximum Gasteiger partial charge on any atom is 0.233 e. The van der Waals surface area contributed by atoms with E-state index in [-0.39, 0.29) is 5.96 Å². The fraction of sp³-hybridized carbons (Fsp3) is 0.875. The number of piperidine rings is 1. The number of guanidine groups is 1. The first-order valence-electron chi connectivity index (χ1n) is 4.49. The molecule has 1 saturated heterocycles. The van der Waals surface area contributed by atoms with E-state index in [0.29, 0.717) is 5.92 Å². The summed E-state index contributed by atoms with van der Waals surface area (Å²) in [6.07, 6.45) is 2.09. The minimum Gasteiger partial charge on any atom is -0.408 e. The molecule has 0 radical (unpaired) electrons. The second kappa shape index (κ2) is 4.91. The quantitative estimate of drug-likeness (QED) is 0.277.